The highest BCUT2D eigenvalue weighted by Gasteiger charge is 2.22. The van der Waals surface area contributed by atoms with Crippen molar-refractivity contribution in [3.63, 3.8) is 0 Å². The molecule has 1 heterocycles. The first-order valence-corrected chi connectivity index (χ1v) is 4.09. The van der Waals surface area contributed by atoms with Gasteiger partial charge >= 0.3 is 0 Å². The Morgan fingerprint density at radius 2 is 2.27 bits per heavy atom. The number of nitrogens with zero attached hydrogens (tertiary/aromatic N) is 1. The molecule has 0 unspecified atom stereocenters. The third kappa shape index (κ3) is 1.50. The van der Waals surface area contributed by atoms with Gasteiger partial charge in [0.15, 0.2) is 11.6 Å². The summed E-state index contributed by atoms with van der Waals surface area (Å²) in [5.74, 6) is -1.19. The molecule has 6 heteroatoms. The standard InChI is InChI=1S/C9H6FNO4/c10-7-4-15-8-2-1-5(11(13)14)3-6(8)9(7)12/h1-3,12H,4H2. The Balaban J connectivity index is 2.57. The lowest BCUT2D eigenvalue weighted by Crippen LogP contribution is -2.08. The summed E-state index contributed by atoms with van der Waals surface area (Å²) in [5, 5.41) is 19.8. The van der Waals surface area contributed by atoms with Gasteiger partial charge in [-0.1, -0.05) is 0 Å². The third-order valence-electron chi connectivity index (χ3n) is 2.04. The van der Waals surface area contributed by atoms with E-state index in [1.807, 2.05) is 0 Å². The third-order valence-corrected chi connectivity index (χ3v) is 2.04. The van der Waals surface area contributed by atoms with E-state index in [1.165, 1.54) is 12.1 Å². The van der Waals surface area contributed by atoms with Crippen molar-refractivity contribution < 1.29 is 19.2 Å². The second kappa shape index (κ2) is 3.23. The smallest absolute Gasteiger partial charge is 0.270 e. The molecule has 0 spiro atoms. The van der Waals surface area contributed by atoms with Crippen LogP contribution in [0.3, 0.4) is 0 Å². The summed E-state index contributed by atoms with van der Waals surface area (Å²) in [6.07, 6.45) is 0. The van der Waals surface area contributed by atoms with Crippen LogP contribution in [-0.4, -0.2) is 16.6 Å². The maximum Gasteiger partial charge on any atom is 0.270 e. The Morgan fingerprint density at radius 1 is 1.53 bits per heavy atom. The molecule has 0 saturated carbocycles. The van der Waals surface area contributed by atoms with Gasteiger partial charge in [0, 0.05) is 12.1 Å². The number of benzene rings is 1. The molecule has 0 fully saturated rings. The Kier molecular flexibility index (Phi) is 2.03. The van der Waals surface area contributed by atoms with Crippen molar-refractivity contribution in [1.82, 2.24) is 0 Å². The summed E-state index contributed by atoms with van der Waals surface area (Å²) < 4.78 is 17.8. The summed E-state index contributed by atoms with van der Waals surface area (Å²) in [6.45, 7) is -0.351. The minimum Gasteiger partial charge on any atom is -0.504 e. The number of aliphatic hydroxyl groups is 1. The molecule has 0 amide bonds. The van der Waals surface area contributed by atoms with Gasteiger partial charge < -0.3 is 9.84 Å². The topological polar surface area (TPSA) is 72.6 Å². The Bertz CT molecular complexity index is 469. The molecule has 2 rings (SSSR count). The molecule has 0 saturated heterocycles. The zero-order chi connectivity index (χ0) is 11.0. The lowest BCUT2D eigenvalue weighted by Gasteiger charge is -2.15. The molecular formula is C9H6FNO4. The highest BCUT2D eigenvalue weighted by atomic mass is 19.1. The first-order chi connectivity index (χ1) is 7.09. The number of nitro groups is 1. The summed E-state index contributed by atoms with van der Waals surface area (Å²) in [4.78, 5) is 9.82. The van der Waals surface area contributed by atoms with Crippen LogP contribution in [0.4, 0.5) is 10.1 Å². The molecule has 15 heavy (non-hydrogen) atoms. The number of hydrogen-bond donors (Lipinski definition) is 1. The molecule has 0 aromatic heterocycles. The first kappa shape index (κ1) is 9.45. The average Bonchev–Trinajstić information content (AvgIpc) is 2.23. The van der Waals surface area contributed by atoms with Gasteiger partial charge in [0.1, 0.15) is 12.4 Å². The second-order valence-corrected chi connectivity index (χ2v) is 2.98. The van der Waals surface area contributed by atoms with Crippen molar-refractivity contribution in [2.45, 2.75) is 0 Å². The van der Waals surface area contributed by atoms with Crippen molar-refractivity contribution in [2.24, 2.45) is 0 Å². The fourth-order valence-electron chi connectivity index (χ4n) is 1.30. The van der Waals surface area contributed by atoms with Gasteiger partial charge in [-0.2, -0.15) is 0 Å². The van der Waals surface area contributed by atoms with Gasteiger partial charge in [0.2, 0.25) is 0 Å². The first-order valence-electron chi connectivity index (χ1n) is 4.09. The molecular weight excluding hydrogens is 205 g/mol. The van der Waals surface area contributed by atoms with Crippen LogP contribution in [0.2, 0.25) is 0 Å². The SMILES string of the molecule is O=[N+]([O-])c1ccc2c(c1)C(O)=C(F)CO2. The van der Waals surface area contributed by atoms with Crippen LogP contribution < -0.4 is 4.74 Å². The number of aliphatic hydroxyl groups excluding tert-OH is 1. The maximum absolute atomic E-state index is 12.9. The number of rotatable bonds is 1. The van der Waals surface area contributed by atoms with Crippen molar-refractivity contribution in [3.8, 4) is 5.75 Å². The number of fused-ring (bicyclic) bond motifs is 1. The van der Waals surface area contributed by atoms with E-state index in [2.05, 4.69) is 0 Å². The van der Waals surface area contributed by atoms with E-state index in [-0.39, 0.29) is 23.6 Å². The molecule has 0 aliphatic carbocycles. The highest BCUT2D eigenvalue weighted by Crippen LogP contribution is 2.34. The maximum atomic E-state index is 12.9. The van der Waals surface area contributed by atoms with Crippen LogP contribution in [0.15, 0.2) is 24.0 Å². The quantitative estimate of drug-likeness (QED) is 0.570. The number of nitro benzene ring substituents is 1. The lowest BCUT2D eigenvalue weighted by molar-refractivity contribution is -0.384. The number of non-ortho nitro benzene ring substituents is 1. The van der Waals surface area contributed by atoms with Crippen LogP contribution in [0.5, 0.6) is 5.75 Å². The van der Waals surface area contributed by atoms with E-state index in [9.17, 15) is 19.6 Å². The molecule has 5 nitrogen and oxygen atoms in total. The van der Waals surface area contributed by atoms with Crippen LogP contribution >= 0.6 is 0 Å². The summed E-state index contributed by atoms with van der Waals surface area (Å²) in [6, 6.07) is 3.63. The van der Waals surface area contributed by atoms with Crippen LogP contribution in [0.25, 0.3) is 5.76 Å². The van der Waals surface area contributed by atoms with Gasteiger partial charge in [0.05, 0.1) is 10.5 Å². The van der Waals surface area contributed by atoms with Crippen LogP contribution in [0.1, 0.15) is 5.56 Å². The average molecular weight is 211 g/mol. The van der Waals surface area contributed by atoms with E-state index in [0.717, 1.165) is 6.07 Å². The Hall–Kier alpha value is -2.11. The molecule has 1 N–H and O–H groups in total. The molecule has 1 aliphatic heterocycles. The summed E-state index contributed by atoms with van der Waals surface area (Å²) in [7, 11) is 0. The van der Waals surface area contributed by atoms with Crippen molar-refractivity contribution in [3.05, 3.63) is 39.7 Å². The van der Waals surface area contributed by atoms with Gasteiger partial charge in [-0.15, -0.1) is 0 Å². The minimum absolute atomic E-state index is 0.00736. The van der Waals surface area contributed by atoms with E-state index in [4.69, 9.17) is 4.74 Å². The van der Waals surface area contributed by atoms with E-state index in [0.29, 0.717) is 0 Å². The molecule has 1 aliphatic rings. The monoisotopic (exact) mass is 211 g/mol. The van der Waals surface area contributed by atoms with Crippen molar-refractivity contribution >= 4 is 11.4 Å². The predicted octanol–water partition coefficient (Wildman–Crippen LogP) is 2.18. The molecule has 0 bridgehead atoms. The highest BCUT2D eigenvalue weighted by molar-refractivity contribution is 5.70. The Morgan fingerprint density at radius 3 is 2.93 bits per heavy atom. The van der Waals surface area contributed by atoms with Crippen molar-refractivity contribution in [1.29, 1.82) is 0 Å². The fourth-order valence-corrected chi connectivity index (χ4v) is 1.30. The molecule has 1 aromatic carbocycles. The fraction of sp³-hybridized carbons (Fsp3) is 0.111. The molecule has 78 valence electrons. The molecule has 0 atom stereocenters. The summed E-state index contributed by atoms with van der Waals surface area (Å²) >= 11 is 0. The number of hydrogen-bond acceptors (Lipinski definition) is 4. The van der Waals surface area contributed by atoms with Gasteiger partial charge in [0.25, 0.3) is 5.69 Å². The lowest BCUT2D eigenvalue weighted by atomic mass is 10.1. The molecule has 0 radical (unpaired) electrons. The van der Waals surface area contributed by atoms with Gasteiger partial charge in [-0.25, -0.2) is 4.39 Å². The minimum atomic E-state index is -0.831. The summed E-state index contributed by atoms with van der Waals surface area (Å²) in [5.41, 5.74) is -0.216. The largest absolute Gasteiger partial charge is 0.504 e. The van der Waals surface area contributed by atoms with E-state index >= 15 is 0 Å². The molecule has 1 aromatic rings. The normalized spacial score (nSPS) is 14.5. The zero-order valence-electron chi connectivity index (χ0n) is 7.44. The zero-order valence-corrected chi connectivity index (χ0v) is 7.44. The van der Waals surface area contributed by atoms with E-state index in [1.54, 1.807) is 0 Å². The Labute approximate surface area is 83.6 Å². The van der Waals surface area contributed by atoms with Crippen LogP contribution in [-0.2, 0) is 0 Å². The predicted molar refractivity (Wildman–Crippen MR) is 49.2 cm³/mol. The van der Waals surface area contributed by atoms with Crippen LogP contribution in [0, 0.1) is 10.1 Å². The van der Waals surface area contributed by atoms with Gasteiger partial charge in [-0.05, 0) is 6.07 Å². The number of halogens is 1. The van der Waals surface area contributed by atoms with Crippen molar-refractivity contribution in [2.75, 3.05) is 6.61 Å². The van der Waals surface area contributed by atoms with Gasteiger partial charge in [-0.3, -0.25) is 10.1 Å². The number of ether oxygens (including phenoxy) is 1. The second-order valence-electron chi connectivity index (χ2n) is 2.98. The van der Waals surface area contributed by atoms with E-state index < -0.39 is 16.5 Å².